The first-order valence-electron chi connectivity index (χ1n) is 11.5. The molecule has 28 heavy (non-hydrogen) atoms. The van der Waals surface area contributed by atoms with Crippen LogP contribution in [0.4, 0.5) is 0 Å². The summed E-state index contributed by atoms with van der Waals surface area (Å²) in [6.07, 6.45) is 12.6. The van der Waals surface area contributed by atoms with Crippen molar-refractivity contribution < 1.29 is 9.84 Å². The van der Waals surface area contributed by atoms with Gasteiger partial charge in [0.25, 0.3) is 0 Å². The van der Waals surface area contributed by atoms with Crippen molar-refractivity contribution in [1.82, 2.24) is 0 Å². The number of ether oxygens (including phenoxy) is 1. The van der Waals surface area contributed by atoms with Gasteiger partial charge in [-0.05, 0) is 109 Å². The number of rotatable bonds is 2. The minimum atomic E-state index is -0.0584. The maximum atomic E-state index is 10.7. The van der Waals surface area contributed by atoms with Crippen LogP contribution in [-0.4, -0.2) is 18.3 Å². The minimum absolute atomic E-state index is 0.0584. The fourth-order valence-electron chi connectivity index (χ4n) is 7.89. The van der Waals surface area contributed by atoms with Crippen molar-refractivity contribution in [2.45, 2.75) is 71.3 Å². The van der Waals surface area contributed by atoms with E-state index in [0.29, 0.717) is 5.41 Å². The Morgan fingerprint density at radius 2 is 1.68 bits per heavy atom. The molecular weight excluding hydrogens is 344 g/mol. The van der Waals surface area contributed by atoms with E-state index in [1.54, 1.807) is 12.7 Å². The molecule has 0 aliphatic heterocycles. The first-order chi connectivity index (χ1) is 13.5. The average molecular weight is 381 g/mol. The molecule has 0 saturated heterocycles. The Balaban J connectivity index is 1.40. The lowest BCUT2D eigenvalue weighted by Gasteiger charge is -2.59. The number of aliphatic hydroxyl groups excluding tert-OH is 1. The molecule has 4 aliphatic carbocycles. The minimum Gasteiger partial charge on any atom is -0.497 e. The lowest BCUT2D eigenvalue weighted by molar-refractivity contribution is -0.108. The SMILES string of the molecule is COc1ccc(C2=CC[C@@]3(C)[C@@H](CC[C@H]4[C@H]3CC[C@]3(C)[C@@H](O)CC[C@@H]43)C2)cc1. The van der Waals surface area contributed by atoms with Gasteiger partial charge in [-0.15, -0.1) is 0 Å². The summed E-state index contributed by atoms with van der Waals surface area (Å²) in [7, 11) is 1.73. The van der Waals surface area contributed by atoms with E-state index in [1.807, 2.05) is 0 Å². The van der Waals surface area contributed by atoms with Gasteiger partial charge < -0.3 is 9.84 Å². The first-order valence-corrected chi connectivity index (χ1v) is 11.5. The van der Waals surface area contributed by atoms with Crippen molar-refractivity contribution in [3.63, 3.8) is 0 Å². The summed E-state index contributed by atoms with van der Waals surface area (Å²) in [6, 6.07) is 8.64. The number of hydrogen-bond donors (Lipinski definition) is 1. The number of hydrogen-bond acceptors (Lipinski definition) is 2. The number of allylic oxidation sites excluding steroid dienone is 2. The molecule has 3 saturated carbocycles. The lowest BCUT2D eigenvalue weighted by Crippen LogP contribution is -2.53. The van der Waals surface area contributed by atoms with Gasteiger partial charge in [0.05, 0.1) is 13.2 Å². The van der Waals surface area contributed by atoms with Gasteiger partial charge in [-0.25, -0.2) is 0 Å². The molecule has 0 radical (unpaired) electrons. The van der Waals surface area contributed by atoms with Crippen LogP contribution in [-0.2, 0) is 0 Å². The Morgan fingerprint density at radius 1 is 0.929 bits per heavy atom. The molecule has 4 aliphatic rings. The van der Waals surface area contributed by atoms with Gasteiger partial charge in [0.1, 0.15) is 5.75 Å². The van der Waals surface area contributed by atoms with Crippen LogP contribution in [0.3, 0.4) is 0 Å². The highest BCUT2D eigenvalue weighted by Crippen LogP contribution is 2.66. The highest BCUT2D eigenvalue weighted by molar-refractivity contribution is 5.67. The molecular formula is C26H36O2. The molecule has 1 N–H and O–H groups in total. The first kappa shape index (κ1) is 18.7. The second kappa shape index (κ2) is 6.62. The van der Waals surface area contributed by atoms with Crippen LogP contribution >= 0.6 is 0 Å². The zero-order valence-corrected chi connectivity index (χ0v) is 17.8. The fraction of sp³-hybridized carbons (Fsp3) is 0.692. The molecule has 152 valence electrons. The van der Waals surface area contributed by atoms with Crippen molar-refractivity contribution in [2.24, 2.45) is 34.5 Å². The van der Waals surface area contributed by atoms with Gasteiger partial charge in [-0.1, -0.05) is 32.1 Å². The summed E-state index contributed by atoms with van der Waals surface area (Å²) < 4.78 is 5.33. The average Bonchev–Trinajstić information content (AvgIpc) is 3.02. The molecule has 0 bridgehead atoms. The van der Waals surface area contributed by atoms with E-state index < -0.39 is 0 Å². The fourth-order valence-corrected chi connectivity index (χ4v) is 7.89. The lowest BCUT2D eigenvalue weighted by atomic mass is 9.45. The van der Waals surface area contributed by atoms with Crippen molar-refractivity contribution >= 4 is 5.57 Å². The Bertz CT molecular complexity index is 765. The third kappa shape index (κ3) is 2.63. The number of benzene rings is 1. The summed E-state index contributed by atoms with van der Waals surface area (Å²) in [6.45, 7) is 4.99. The summed E-state index contributed by atoms with van der Waals surface area (Å²) in [4.78, 5) is 0. The van der Waals surface area contributed by atoms with Crippen molar-refractivity contribution in [1.29, 1.82) is 0 Å². The Labute approximate surface area is 170 Å². The van der Waals surface area contributed by atoms with Gasteiger partial charge in [0.2, 0.25) is 0 Å². The van der Waals surface area contributed by atoms with Crippen LogP contribution in [0.5, 0.6) is 5.75 Å². The molecule has 0 unspecified atom stereocenters. The van der Waals surface area contributed by atoms with Crippen LogP contribution in [0.25, 0.3) is 5.57 Å². The third-order valence-corrected chi connectivity index (χ3v) is 9.73. The van der Waals surface area contributed by atoms with Crippen LogP contribution in [0.15, 0.2) is 30.3 Å². The zero-order valence-electron chi connectivity index (χ0n) is 17.8. The van der Waals surface area contributed by atoms with Crippen LogP contribution in [0, 0.1) is 34.5 Å². The van der Waals surface area contributed by atoms with Crippen LogP contribution in [0.2, 0.25) is 0 Å². The third-order valence-electron chi connectivity index (χ3n) is 9.73. The van der Waals surface area contributed by atoms with E-state index in [0.717, 1.165) is 35.8 Å². The second-order valence-electron chi connectivity index (χ2n) is 10.7. The van der Waals surface area contributed by atoms with E-state index in [2.05, 4.69) is 44.2 Å². The molecule has 1 aromatic carbocycles. The van der Waals surface area contributed by atoms with Gasteiger partial charge in [0.15, 0.2) is 0 Å². The summed E-state index contributed by atoms with van der Waals surface area (Å²) in [5.41, 5.74) is 3.57. The largest absolute Gasteiger partial charge is 0.497 e. The molecule has 3 fully saturated rings. The Morgan fingerprint density at radius 3 is 2.43 bits per heavy atom. The molecule has 2 nitrogen and oxygen atoms in total. The molecule has 1 aromatic rings. The van der Waals surface area contributed by atoms with E-state index in [-0.39, 0.29) is 11.5 Å². The smallest absolute Gasteiger partial charge is 0.118 e. The molecule has 0 amide bonds. The molecule has 5 rings (SSSR count). The highest BCUT2D eigenvalue weighted by atomic mass is 16.5. The topological polar surface area (TPSA) is 29.5 Å². The summed E-state index contributed by atoms with van der Waals surface area (Å²) in [5.74, 6) is 4.20. The normalized spacial score (nSPS) is 44.9. The maximum Gasteiger partial charge on any atom is 0.118 e. The number of fused-ring (bicyclic) bond motifs is 5. The second-order valence-corrected chi connectivity index (χ2v) is 10.7. The Kier molecular flexibility index (Phi) is 4.43. The molecule has 0 heterocycles. The van der Waals surface area contributed by atoms with Crippen molar-refractivity contribution in [2.75, 3.05) is 7.11 Å². The van der Waals surface area contributed by atoms with Gasteiger partial charge >= 0.3 is 0 Å². The zero-order chi connectivity index (χ0) is 19.5. The monoisotopic (exact) mass is 380 g/mol. The number of methoxy groups -OCH3 is 1. The van der Waals surface area contributed by atoms with Gasteiger partial charge in [0, 0.05) is 0 Å². The quantitative estimate of drug-likeness (QED) is 0.672. The summed E-state index contributed by atoms with van der Waals surface area (Å²) in [5, 5.41) is 10.7. The van der Waals surface area contributed by atoms with E-state index in [9.17, 15) is 5.11 Å². The maximum absolute atomic E-state index is 10.7. The highest BCUT2D eigenvalue weighted by Gasteiger charge is 2.59. The van der Waals surface area contributed by atoms with Crippen LogP contribution < -0.4 is 4.74 Å². The molecule has 2 heteroatoms. The van der Waals surface area contributed by atoms with Gasteiger partial charge in [-0.2, -0.15) is 0 Å². The predicted molar refractivity (Wildman–Crippen MR) is 114 cm³/mol. The summed E-state index contributed by atoms with van der Waals surface area (Å²) >= 11 is 0. The van der Waals surface area contributed by atoms with E-state index in [1.165, 1.54) is 50.5 Å². The standard InChI is InChI=1S/C26H36O2/c1-25-14-12-18(17-4-7-20(28-3)8-5-17)16-19(25)6-9-21-22-10-11-24(27)26(22,2)15-13-23(21)25/h4-5,7-8,12,19,21-24,27H,6,9-11,13-16H2,1-3H3/t19-,21+,22-,23+,24-,25-,26-/m0/s1. The van der Waals surface area contributed by atoms with E-state index in [4.69, 9.17) is 4.74 Å². The van der Waals surface area contributed by atoms with E-state index >= 15 is 0 Å². The molecule has 0 aromatic heterocycles. The van der Waals surface area contributed by atoms with Crippen molar-refractivity contribution in [3.8, 4) is 5.75 Å². The Hall–Kier alpha value is -1.28. The number of aliphatic hydroxyl groups is 1. The van der Waals surface area contributed by atoms with Crippen molar-refractivity contribution in [3.05, 3.63) is 35.9 Å². The molecule has 7 atom stereocenters. The van der Waals surface area contributed by atoms with Crippen LogP contribution in [0.1, 0.15) is 70.8 Å². The predicted octanol–water partition coefficient (Wildman–Crippen LogP) is 6.09. The van der Waals surface area contributed by atoms with Gasteiger partial charge in [-0.3, -0.25) is 0 Å². The molecule has 0 spiro atoms.